The van der Waals surface area contributed by atoms with Gasteiger partial charge in [0.2, 0.25) is 0 Å². The summed E-state index contributed by atoms with van der Waals surface area (Å²) in [6, 6.07) is 14.1. The van der Waals surface area contributed by atoms with Gasteiger partial charge in [-0.2, -0.15) is 0 Å². The largest absolute Gasteiger partial charge is 0.495 e. The lowest BCUT2D eigenvalue weighted by molar-refractivity contribution is 0.415. The van der Waals surface area contributed by atoms with Gasteiger partial charge in [-0.15, -0.1) is 24.0 Å². The summed E-state index contributed by atoms with van der Waals surface area (Å²) in [6.07, 6.45) is 2.38. The number of fused-ring (bicyclic) bond motifs is 1. The summed E-state index contributed by atoms with van der Waals surface area (Å²) >= 11 is 6.13. The smallest absolute Gasteiger partial charge is 0.193 e. The Morgan fingerprint density at radius 1 is 1.33 bits per heavy atom. The van der Waals surface area contributed by atoms with E-state index in [0.29, 0.717) is 29.3 Å². The minimum Gasteiger partial charge on any atom is -0.495 e. The number of hydrogen-bond acceptors (Lipinski definition) is 3. The van der Waals surface area contributed by atoms with Gasteiger partial charge in [0, 0.05) is 11.7 Å². The van der Waals surface area contributed by atoms with Gasteiger partial charge in [0.25, 0.3) is 0 Å². The summed E-state index contributed by atoms with van der Waals surface area (Å²) in [4.78, 5) is 9.18. The third-order valence-corrected chi connectivity index (χ3v) is 4.69. The highest BCUT2D eigenvalue weighted by molar-refractivity contribution is 14.0. The Morgan fingerprint density at radius 3 is 2.81 bits per heavy atom. The van der Waals surface area contributed by atoms with E-state index in [2.05, 4.69) is 20.9 Å². The molecule has 27 heavy (non-hydrogen) atoms. The van der Waals surface area contributed by atoms with Crippen LogP contribution in [0.15, 0.2) is 47.5 Å². The number of para-hydroxylation sites is 2. The van der Waals surface area contributed by atoms with E-state index in [-0.39, 0.29) is 24.0 Å². The number of guanidine groups is 1. The number of imidazole rings is 1. The van der Waals surface area contributed by atoms with Crippen molar-refractivity contribution in [2.75, 3.05) is 12.4 Å². The number of nitrogens with two attached hydrogens (primary N) is 1. The Hall–Kier alpha value is -2.00. The number of ether oxygens (including phenoxy) is 1. The Labute approximate surface area is 179 Å². The zero-order valence-corrected chi connectivity index (χ0v) is 17.9. The van der Waals surface area contributed by atoms with Crippen molar-refractivity contribution in [3.63, 3.8) is 0 Å². The second-order valence-electron chi connectivity index (χ2n) is 6.29. The first-order valence-electron chi connectivity index (χ1n) is 8.52. The van der Waals surface area contributed by atoms with Crippen molar-refractivity contribution in [2.45, 2.75) is 25.4 Å². The summed E-state index contributed by atoms with van der Waals surface area (Å²) in [5, 5.41) is 3.57. The van der Waals surface area contributed by atoms with E-state index in [1.54, 1.807) is 19.2 Å². The van der Waals surface area contributed by atoms with Crippen molar-refractivity contribution in [1.29, 1.82) is 0 Å². The Balaban J connectivity index is 0.00000210. The number of rotatable bonds is 5. The van der Waals surface area contributed by atoms with Crippen molar-refractivity contribution in [2.24, 2.45) is 10.7 Å². The van der Waals surface area contributed by atoms with Crippen molar-refractivity contribution in [1.82, 2.24) is 9.55 Å². The highest BCUT2D eigenvalue weighted by atomic mass is 127. The highest BCUT2D eigenvalue weighted by Crippen LogP contribution is 2.38. The number of nitrogens with zero attached hydrogens (tertiary/aromatic N) is 3. The fourth-order valence-electron chi connectivity index (χ4n) is 3.03. The van der Waals surface area contributed by atoms with Gasteiger partial charge < -0.3 is 20.4 Å². The van der Waals surface area contributed by atoms with E-state index in [1.807, 2.05) is 24.3 Å². The Kier molecular flexibility index (Phi) is 6.11. The molecule has 2 aromatic carbocycles. The fourth-order valence-corrected chi connectivity index (χ4v) is 3.29. The molecule has 1 fully saturated rings. The third kappa shape index (κ3) is 4.30. The first kappa shape index (κ1) is 19.8. The average molecular weight is 498 g/mol. The van der Waals surface area contributed by atoms with Gasteiger partial charge in [-0.3, -0.25) is 0 Å². The van der Waals surface area contributed by atoms with Gasteiger partial charge >= 0.3 is 0 Å². The molecule has 0 radical (unpaired) electrons. The zero-order chi connectivity index (χ0) is 18.1. The maximum absolute atomic E-state index is 6.13. The van der Waals surface area contributed by atoms with E-state index in [1.165, 1.54) is 12.8 Å². The number of aliphatic imine (C=N–C) groups is 1. The molecular formula is C19H21ClIN5O. The molecule has 0 aliphatic heterocycles. The highest BCUT2D eigenvalue weighted by Gasteiger charge is 2.27. The standard InChI is InChI=1S/C19H20ClN5O.HI/c1-26-17-9-6-12(10-14(17)20)23-19(21)22-11-18-24-15-4-2-3-5-16(15)25(18)13-7-8-13;/h2-6,9-10,13H,7-8,11H2,1H3,(H3,21,22,23);1H. The molecule has 3 N–H and O–H groups in total. The molecular weight excluding hydrogens is 477 g/mol. The number of methoxy groups -OCH3 is 1. The summed E-state index contributed by atoms with van der Waals surface area (Å²) in [6.45, 7) is 0.425. The van der Waals surface area contributed by atoms with Gasteiger partial charge in [-0.1, -0.05) is 23.7 Å². The molecule has 142 valence electrons. The van der Waals surface area contributed by atoms with Crippen LogP contribution in [0.2, 0.25) is 5.02 Å². The SMILES string of the molecule is COc1ccc(NC(N)=NCc2nc3ccccc3n2C2CC2)cc1Cl.I. The normalized spacial score (nSPS) is 14.1. The number of anilines is 1. The molecule has 3 aromatic rings. The zero-order valence-electron chi connectivity index (χ0n) is 14.9. The predicted octanol–water partition coefficient (Wildman–Crippen LogP) is 4.58. The monoisotopic (exact) mass is 497 g/mol. The maximum Gasteiger partial charge on any atom is 0.193 e. The number of halogens is 2. The number of nitrogens with one attached hydrogen (secondary N) is 1. The summed E-state index contributed by atoms with van der Waals surface area (Å²) in [5.74, 6) is 1.87. The van der Waals surface area contributed by atoms with Crippen LogP contribution >= 0.6 is 35.6 Å². The van der Waals surface area contributed by atoms with Crippen molar-refractivity contribution in [3.05, 3.63) is 53.3 Å². The molecule has 0 amide bonds. The van der Waals surface area contributed by atoms with Crippen LogP contribution in [0, 0.1) is 0 Å². The van der Waals surface area contributed by atoms with E-state index < -0.39 is 0 Å². The lowest BCUT2D eigenvalue weighted by Gasteiger charge is -2.09. The lowest BCUT2D eigenvalue weighted by atomic mass is 10.3. The van der Waals surface area contributed by atoms with E-state index in [9.17, 15) is 0 Å². The van der Waals surface area contributed by atoms with Crippen LogP contribution in [0.4, 0.5) is 5.69 Å². The summed E-state index contributed by atoms with van der Waals surface area (Å²) in [5.41, 5.74) is 8.95. The second kappa shape index (κ2) is 8.35. The van der Waals surface area contributed by atoms with E-state index >= 15 is 0 Å². The Morgan fingerprint density at radius 2 is 2.11 bits per heavy atom. The van der Waals surface area contributed by atoms with Crippen LogP contribution in [0.3, 0.4) is 0 Å². The van der Waals surface area contributed by atoms with Crippen molar-refractivity contribution >= 4 is 58.3 Å². The maximum atomic E-state index is 6.13. The van der Waals surface area contributed by atoms with Crippen LogP contribution in [-0.2, 0) is 6.54 Å². The van der Waals surface area contributed by atoms with Crippen LogP contribution in [0.1, 0.15) is 24.7 Å². The van der Waals surface area contributed by atoms with Crippen molar-refractivity contribution in [3.8, 4) is 5.75 Å². The van der Waals surface area contributed by atoms with Crippen LogP contribution < -0.4 is 15.8 Å². The molecule has 8 heteroatoms. The van der Waals surface area contributed by atoms with Crippen molar-refractivity contribution < 1.29 is 4.74 Å². The molecule has 6 nitrogen and oxygen atoms in total. The van der Waals surface area contributed by atoms with E-state index in [4.69, 9.17) is 27.1 Å². The second-order valence-corrected chi connectivity index (χ2v) is 6.70. The van der Waals surface area contributed by atoms with Gasteiger partial charge in [-0.25, -0.2) is 9.98 Å². The first-order valence-corrected chi connectivity index (χ1v) is 8.90. The lowest BCUT2D eigenvalue weighted by Crippen LogP contribution is -2.22. The minimum absolute atomic E-state index is 0. The Bertz CT molecular complexity index is 983. The molecule has 0 saturated heterocycles. The molecule has 0 bridgehead atoms. The fraction of sp³-hybridized carbons (Fsp3) is 0.263. The molecule has 0 unspecified atom stereocenters. The van der Waals surface area contributed by atoms with E-state index in [0.717, 1.165) is 22.5 Å². The molecule has 1 saturated carbocycles. The van der Waals surface area contributed by atoms with Crippen LogP contribution in [0.5, 0.6) is 5.75 Å². The van der Waals surface area contributed by atoms with Gasteiger partial charge in [0.15, 0.2) is 5.96 Å². The number of benzene rings is 2. The van der Waals surface area contributed by atoms with Gasteiger partial charge in [0.05, 0.1) is 23.2 Å². The average Bonchev–Trinajstić information content (AvgIpc) is 3.40. The topological polar surface area (TPSA) is 77.5 Å². The summed E-state index contributed by atoms with van der Waals surface area (Å²) in [7, 11) is 1.58. The minimum atomic E-state index is 0. The number of aromatic nitrogens is 2. The quantitative estimate of drug-likeness (QED) is 0.307. The van der Waals surface area contributed by atoms with Gasteiger partial charge in [-0.05, 0) is 43.2 Å². The van der Waals surface area contributed by atoms with Crippen LogP contribution in [-0.4, -0.2) is 22.6 Å². The predicted molar refractivity (Wildman–Crippen MR) is 120 cm³/mol. The number of hydrogen-bond donors (Lipinski definition) is 2. The molecule has 1 aliphatic carbocycles. The molecule has 1 heterocycles. The first-order chi connectivity index (χ1) is 12.7. The molecule has 1 aliphatic rings. The summed E-state index contributed by atoms with van der Waals surface area (Å²) < 4.78 is 7.44. The third-order valence-electron chi connectivity index (χ3n) is 4.40. The molecule has 4 rings (SSSR count). The molecule has 0 spiro atoms. The molecule has 0 atom stereocenters. The van der Waals surface area contributed by atoms with Crippen LogP contribution in [0.25, 0.3) is 11.0 Å². The molecule has 1 aromatic heterocycles. The van der Waals surface area contributed by atoms with Gasteiger partial charge in [0.1, 0.15) is 18.1 Å².